The van der Waals surface area contributed by atoms with Crippen LogP contribution in [0.1, 0.15) is 28.5 Å². The molecule has 0 radical (unpaired) electrons. The Hall–Kier alpha value is -2.12. The molecule has 5 nitrogen and oxygen atoms in total. The molecule has 0 fully saturated rings. The summed E-state index contributed by atoms with van der Waals surface area (Å²) < 4.78 is 27.6. The first kappa shape index (κ1) is 17.7. The van der Waals surface area contributed by atoms with Crippen molar-refractivity contribution < 1.29 is 13.2 Å². The zero-order valence-corrected chi connectivity index (χ0v) is 16.2. The van der Waals surface area contributed by atoms with Gasteiger partial charge in [0.05, 0.1) is 4.90 Å². The summed E-state index contributed by atoms with van der Waals surface area (Å²) in [7, 11) is -3.92. The fourth-order valence-electron chi connectivity index (χ4n) is 2.83. The van der Waals surface area contributed by atoms with Crippen molar-refractivity contribution in [2.75, 3.05) is 0 Å². The van der Waals surface area contributed by atoms with E-state index in [1.165, 1.54) is 12.1 Å². The molecule has 0 aliphatic carbocycles. The molecule has 7 heteroatoms. The molecular formula is C18H17BrN2O3S. The van der Waals surface area contributed by atoms with Gasteiger partial charge in [-0.2, -0.15) is 0 Å². The van der Waals surface area contributed by atoms with Gasteiger partial charge in [-0.15, -0.1) is 0 Å². The summed E-state index contributed by atoms with van der Waals surface area (Å²) in [5.41, 5.74) is 3.42. The first-order valence-electron chi connectivity index (χ1n) is 7.75. The van der Waals surface area contributed by atoms with E-state index in [1.54, 1.807) is 30.3 Å². The standard InChI is InChI=1S/C18H17BrN2O3S/c1-3-15-11(2)20-17-9-4-12(10-16(15)17)18(22)21-25(23,24)14-7-5-13(19)6-8-14/h4-10,20H,3H2,1-2H3,(H,21,22). The third-order valence-electron chi connectivity index (χ3n) is 4.09. The zero-order chi connectivity index (χ0) is 18.2. The van der Waals surface area contributed by atoms with E-state index in [2.05, 4.69) is 25.6 Å². The van der Waals surface area contributed by atoms with Crippen molar-refractivity contribution >= 4 is 42.8 Å². The third-order valence-corrected chi connectivity index (χ3v) is 5.96. The number of aromatic nitrogens is 1. The summed E-state index contributed by atoms with van der Waals surface area (Å²) >= 11 is 3.25. The minimum Gasteiger partial charge on any atom is -0.358 e. The monoisotopic (exact) mass is 420 g/mol. The highest BCUT2D eigenvalue weighted by atomic mass is 79.9. The number of sulfonamides is 1. The molecule has 2 N–H and O–H groups in total. The van der Waals surface area contributed by atoms with Gasteiger partial charge < -0.3 is 4.98 Å². The summed E-state index contributed by atoms with van der Waals surface area (Å²) in [5, 5.41) is 0.939. The van der Waals surface area contributed by atoms with Crippen LogP contribution >= 0.6 is 15.9 Å². The van der Waals surface area contributed by atoms with E-state index in [9.17, 15) is 13.2 Å². The number of hydrogen-bond donors (Lipinski definition) is 2. The summed E-state index contributed by atoms with van der Waals surface area (Å²) in [5.74, 6) is -0.647. The predicted octanol–water partition coefficient (Wildman–Crippen LogP) is 3.92. The number of H-pyrrole nitrogens is 1. The van der Waals surface area contributed by atoms with E-state index in [0.29, 0.717) is 5.56 Å². The van der Waals surface area contributed by atoms with Gasteiger partial charge in [-0.1, -0.05) is 22.9 Å². The van der Waals surface area contributed by atoms with Crippen LogP contribution in [0, 0.1) is 6.92 Å². The molecule has 3 rings (SSSR count). The normalized spacial score (nSPS) is 11.6. The SMILES string of the molecule is CCc1c(C)[nH]c2ccc(C(=O)NS(=O)(=O)c3ccc(Br)cc3)cc12. The first-order valence-corrected chi connectivity index (χ1v) is 10.0. The van der Waals surface area contributed by atoms with E-state index in [1.807, 2.05) is 13.8 Å². The molecule has 25 heavy (non-hydrogen) atoms. The lowest BCUT2D eigenvalue weighted by molar-refractivity contribution is 0.0981. The Morgan fingerprint density at radius 3 is 2.48 bits per heavy atom. The van der Waals surface area contributed by atoms with Crippen LogP contribution in [0.4, 0.5) is 0 Å². The second-order valence-corrected chi connectivity index (χ2v) is 8.33. The van der Waals surface area contributed by atoms with Crippen molar-refractivity contribution in [3.63, 3.8) is 0 Å². The number of amides is 1. The molecule has 0 atom stereocenters. The molecule has 0 spiro atoms. The number of aryl methyl sites for hydroxylation is 2. The maximum atomic E-state index is 12.4. The van der Waals surface area contributed by atoms with E-state index >= 15 is 0 Å². The predicted molar refractivity (Wildman–Crippen MR) is 101 cm³/mol. The Balaban J connectivity index is 1.93. The van der Waals surface area contributed by atoms with Crippen molar-refractivity contribution in [3.05, 3.63) is 63.8 Å². The number of nitrogens with one attached hydrogen (secondary N) is 2. The summed E-state index contributed by atoms with van der Waals surface area (Å²) in [6, 6.07) is 11.2. The molecule has 0 aliphatic heterocycles. The molecule has 130 valence electrons. The lowest BCUT2D eigenvalue weighted by atomic mass is 10.1. The van der Waals surface area contributed by atoms with Crippen LogP contribution in [0.3, 0.4) is 0 Å². The zero-order valence-electron chi connectivity index (χ0n) is 13.8. The van der Waals surface area contributed by atoms with Gasteiger partial charge in [-0.25, -0.2) is 13.1 Å². The van der Waals surface area contributed by atoms with Crippen molar-refractivity contribution in [2.24, 2.45) is 0 Å². The Kier molecular flexibility index (Phi) is 4.71. The second kappa shape index (κ2) is 6.65. The van der Waals surface area contributed by atoms with Gasteiger partial charge in [0.2, 0.25) is 0 Å². The highest BCUT2D eigenvalue weighted by Gasteiger charge is 2.19. The largest absolute Gasteiger partial charge is 0.358 e. The van der Waals surface area contributed by atoms with Gasteiger partial charge >= 0.3 is 0 Å². The van der Waals surface area contributed by atoms with Crippen molar-refractivity contribution in [3.8, 4) is 0 Å². The van der Waals surface area contributed by atoms with Gasteiger partial charge in [-0.05, 0) is 61.4 Å². The highest BCUT2D eigenvalue weighted by molar-refractivity contribution is 9.10. The van der Waals surface area contributed by atoms with Gasteiger partial charge in [-0.3, -0.25) is 4.79 Å². The van der Waals surface area contributed by atoms with Crippen LogP contribution in [-0.2, 0) is 16.4 Å². The van der Waals surface area contributed by atoms with E-state index in [-0.39, 0.29) is 4.90 Å². The third kappa shape index (κ3) is 3.48. The Morgan fingerprint density at radius 2 is 1.84 bits per heavy atom. The minimum absolute atomic E-state index is 0.0388. The Labute approximate surface area is 154 Å². The summed E-state index contributed by atoms with van der Waals surface area (Å²) in [6.45, 7) is 4.02. The second-order valence-electron chi connectivity index (χ2n) is 5.73. The molecule has 0 unspecified atom stereocenters. The van der Waals surface area contributed by atoms with Crippen molar-refractivity contribution in [1.29, 1.82) is 0 Å². The van der Waals surface area contributed by atoms with Crippen LogP contribution in [0.2, 0.25) is 0 Å². The quantitative estimate of drug-likeness (QED) is 0.670. The van der Waals surface area contributed by atoms with Crippen molar-refractivity contribution in [2.45, 2.75) is 25.2 Å². The number of carbonyl (C=O) groups is 1. The molecule has 2 aromatic carbocycles. The van der Waals surface area contributed by atoms with Crippen LogP contribution in [-0.4, -0.2) is 19.3 Å². The Bertz CT molecular complexity index is 1050. The average Bonchev–Trinajstić information content (AvgIpc) is 2.88. The lowest BCUT2D eigenvalue weighted by Gasteiger charge is -2.07. The number of hydrogen-bond acceptors (Lipinski definition) is 3. The number of rotatable bonds is 4. The lowest BCUT2D eigenvalue weighted by Crippen LogP contribution is -2.30. The maximum absolute atomic E-state index is 12.4. The van der Waals surface area contributed by atoms with Gasteiger partial charge in [0.1, 0.15) is 0 Å². The molecule has 1 heterocycles. The molecule has 3 aromatic rings. The van der Waals surface area contributed by atoms with E-state index in [0.717, 1.165) is 33.1 Å². The van der Waals surface area contributed by atoms with Gasteiger partial charge in [0.15, 0.2) is 0 Å². The minimum atomic E-state index is -3.92. The molecule has 0 aliphatic rings. The summed E-state index contributed by atoms with van der Waals surface area (Å²) in [6.07, 6.45) is 0.827. The molecule has 1 amide bonds. The molecule has 0 saturated heterocycles. The van der Waals surface area contributed by atoms with E-state index < -0.39 is 15.9 Å². The summed E-state index contributed by atoms with van der Waals surface area (Å²) in [4.78, 5) is 15.7. The average molecular weight is 421 g/mol. The van der Waals surface area contributed by atoms with Crippen LogP contribution in [0.5, 0.6) is 0 Å². The molecular weight excluding hydrogens is 404 g/mol. The van der Waals surface area contributed by atoms with Crippen LogP contribution in [0.25, 0.3) is 10.9 Å². The van der Waals surface area contributed by atoms with Crippen molar-refractivity contribution in [1.82, 2.24) is 9.71 Å². The van der Waals surface area contributed by atoms with Gasteiger partial charge in [0, 0.05) is 26.6 Å². The van der Waals surface area contributed by atoms with E-state index in [4.69, 9.17) is 0 Å². The highest BCUT2D eigenvalue weighted by Crippen LogP contribution is 2.24. The Morgan fingerprint density at radius 1 is 1.16 bits per heavy atom. The first-order chi connectivity index (χ1) is 11.8. The molecule has 0 saturated carbocycles. The molecule has 0 bridgehead atoms. The molecule has 1 aromatic heterocycles. The maximum Gasteiger partial charge on any atom is 0.265 e. The number of carbonyl (C=O) groups excluding carboxylic acids is 1. The number of halogens is 1. The van der Waals surface area contributed by atoms with Crippen LogP contribution in [0.15, 0.2) is 51.8 Å². The fourth-order valence-corrected chi connectivity index (χ4v) is 4.07. The number of aromatic amines is 1. The smallest absolute Gasteiger partial charge is 0.265 e. The number of fused-ring (bicyclic) bond motifs is 1. The van der Waals surface area contributed by atoms with Gasteiger partial charge in [0.25, 0.3) is 15.9 Å². The topological polar surface area (TPSA) is 79.0 Å². The fraction of sp³-hybridized carbons (Fsp3) is 0.167. The van der Waals surface area contributed by atoms with Crippen LogP contribution < -0.4 is 4.72 Å². The number of benzene rings is 2.